The first-order valence-corrected chi connectivity index (χ1v) is 6.82. The van der Waals surface area contributed by atoms with Crippen molar-refractivity contribution < 1.29 is 14.3 Å². The zero-order chi connectivity index (χ0) is 14.7. The van der Waals surface area contributed by atoms with Crippen molar-refractivity contribution in [2.75, 3.05) is 7.11 Å². The van der Waals surface area contributed by atoms with Crippen LogP contribution in [0.5, 0.6) is 0 Å². The quantitative estimate of drug-likeness (QED) is 0.767. The summed E-state index contributed by atoms with van der Waals surface area (Å²) in [6.45, 7) is 4.22. The van der Waals surface area contributed by atoms with E-state index in [1.165, 1.54) is 18.0 Å². The Kier molecular flexibility index (Phi) is 4.36. The Morgan fingerprint density at radius 2 is 2.00 bits per heavy atom. The monoisotopic (exact) mass is 280 g/mol. The number of esters is 1. The summed E-state index contributed by atoms with van der Waals surface area (Å²) in [5.74, 6) is -0.547. The van der Waals surface area contributed by atoms with Crippen LogP contribution in [0.1, 0.15) is 43.6 Å². The predicted molar refractivity (Wildman–Crippen MR) is 71.0 cm³/mol. The number of hydrogen-bond acceptors (Lipinski definition) is 5. The lowest BCUT2D eigenvalue weighted by molar-refractivity contribution is -0.138. The third-order valence-electron chi connectivity index (χ3n) is 3.71. The third-order valence-corrected chi connectivity index (χ3v) is 3.71. The number of likely N-dealkylation sites (tertiary alicyclic amines) is 1. The van der Waals surface area contributed by atoms with Gasteiger partial charge in [-0.15, -0.1) is 5.10 Å². The number of rotatable bonds is 3. The molecule has 0 aromatic carbocycles. The number of ether oxygens (including phenoxy) is 1. The van der Waals surface area contributed by atoms with Gasteiger partial charge in [0.25, 0.3) is 0 Å². The van der Waals surface area contributed by atoms with Crippen molar-refractivity contribution in [3.05, 3.63) is 11.9 Å². The molecule has 0 aliphatic carbocycles. The highest BCUT2D eigenvalue weighted by atomic mass is 16.5. The summed E-state index contributed by atoms with van der Waals surface area (Å²) in [4.78, 5) is 25.5. The van der Waals surface area contributed by atoms with Crippen molar-refractivity contribution in [3.8, 4) is 0 Å². The summed E-state index contributed by atoms with van der Waals surface area (Å²) in [6.07, 6.45) is 4.65. The maximum Gasteiger partial charge on any atom is 0.360 e. The van der Waals surface area contributed by atoms with Crippen LogP contribution in [0.15, 0.2) is 6.20 Å². The van der Waals surface area contributed by atoms with Crippen LogP contribution in [0.2, 0.25) is 0 Å². The molecular formula is C13H20N4O3. The van der Waals surface area contributed by atoms with Gasteiger partial charge in [-0.3, -0.25) is 4.79 Å². The minimum absolute atomic E-state index is 0.00557. The lowest BCUT2D eigenvalue weighted by Crippen LogP contribution is -2.48. The summed E-state index contributed by atoms with van der Waals surface area (Å²) in [5.41, 5.74) is 0.111. The molecule has 0 saturated carbocycles. The Morgan fingerprint density at radius 1 is 1.35 bits per heavy atom. The van der Waals surface area contributed by atoms with Gasteiger partial charge < -0.3 is 9.64 Å². The van der Waals surface area contributed by atoms with E-state index >= 15 is 0 Å². The standard InChI is InChI=1S/C13H20N4O3/c1-9-5-4-6-10(2)17(9)12(18)8-16-7-11(14-15-16)13(19)20-3/h7,9-10H,4-6,8H2,1-3H3/t9-,10-/m1/s1. The highest BCUT2D eigenvalue weighted by Gasteiger charge is 2.29. The first-order chi connectivity index (χ1) is 9.52. The van der Waals surface area contributed by atoms with Crippen molar-refractivity contribution in [1.82, 2.24) is 19.9 Å². The van der Waals surface area contributed by atoms with Crippen molar-refractivity contribution in [2.24, 2.45) is 0 Å². The molecule has 2 heterocycles. The fourth-order valence-electron chi connectivity index (χ4n) is 2.71. The Morgan fingerprint density at radius 3 is 2.60 bits per heavy atom. The number of carbonyl (C=O) groups is 2. The third kappa shape index (κ3) is 2.97. The molecule has 0 radical (unpaired) electrons. The molecule has 20 heavy (non-hydrogen) atoms. The topological polar surface area (TPSA) is 77.3 Å². The number of methoxy groups -OCH3 is 1. The average Bonchev–Trinajstić information content (AvgIpc) is 2.86. The van der Waals surface area contributed by atoms with Crippen molar-refractivity contribution in [1.29, 1.82) is 0 Å². The van der Waals surface area contributed by atoms with Gasteiger partial charge in [0.1, 0.15) is 6.54 Å². The maximum atomic E-state index is 12.4. The summed E-state index contributed by atoms with van der Waals surface area (Å²) < 4.78 is 5.93. The van der Waals surface area contributed by atoms with Crippen LogP contribution >= 0.6 is 0 Å². The van der Waals surface area contributed by atoms with Gasteiger partial charge >= 0.3 is 5.97 Å². The van der Waals surface area contributed by atoms with E-state index in [1.807, 2.05) is 4.90 Å². The zero-order valence-corrected chi connectivity index (χ0v) is 12.1. The largest absolute Gasteiger partial charge is 0.464 e. The van der Waals surface area contributed by atoms with Crippen molar-refractivity contribution >= 4 is 11.9 Å². The van der Waals surface area contributed by atoms with E-state index in [0.29, 0.717) is 0 Å². The lowest BCUT2D eigenvalue weighted by atomic mass is 9.97. The zero-order valence-electron chi connectivity index (χ0n) is 12.1. The molecule has 1 saturated heterocycles. The fraction of sp³-hybridized carbons (Fsp3) is 0.692. The Balaban J connectivity index is 2.03. The molecule has 1 aliphatic rings. The first kappa shape index (κ1) is 14.5. The summed E-state index contributed by atoms with van der Waals surface area (Å²) in [5, 5.41) is 7.48. The number of carbonyl (C=O) groups excluding carboxylic acids is 2. The molecule has 1 fully saturated rings. The molecule has 7 heteroatoms. The molecule has 7 nitrogen and oxygen atoms in total. The number of hydrogen-bond donors (Lipinski definition) is 0. The smallest absolute Gasteiger partial charge is 0.360 e. The molecule has 1 aliphatic heterocycles. The van der Waals surface area contributed by atoms with Crippen LogP contribution in [0.4, 0.5) is 0 Å². The van der Waals surface area contributed by atoms with E-state index in [-0.39, 0.29) is 30.2 Å². The SMILES string of the molecule is COC(=O)c1cn(CC(=O)N2[C@H](C)CCC[C@H]2C)nn1. The Bertz CT molecular complexity index is 490. The second-order valence-electron chi connectivity index (χ2n) is 5.22. The minimum atomic E-state index is -0.552. The molecule has 1 amide bonds. The highest BCUT2D eigenvalue weighted by molar-refractivity contribution is 5.86. The highest BCUT2D eigenvalue weighted by Crippen LogP contribution is 2.22. The van der Waals surface area contributed by atoms with Crippen molar-refractivity contribution in [3.63, 3.8) is 0 Å². The fourth-order valence-corrected chi connectivity index (χ4v) is 2.71. The second-order valence-corrected chi connectivity index (χ2v) is 5.22. The molecule has 0 unspecified atom stereocenters. The van der Waals surface area contributed by atoms with Gasteiger partial charge in [-0.05, 0) is 33.1 Å². The molecule has 110 valence electrons. The van der Waals surface area contributed by atoms with E-state index in [9.17, 15) is 9.59 Å². The summed E-state index contributed by atoms with van der Waals surface area (Å²) >= 11 is 0. The molecular weight excluding hydrogens is 260 g/mol. The molecule has 0 bridgehead atoms. The molecule has 1 aromatic rings. The van der Waals surface area contributed by atoms with Gasteiger partial charge in [-0.1, -0.05) is 5.21 Å². The number of piperidine rings is 1. The van der Waals surface area contributed by atoms with E-state index in [0.717, 1.165) is 19.3 Å². The van der Waals surface area contributed by atoms with Gasteiger partial charge in [0.15, 0.2) is 5.69 Å². The van der Waals surface area contributed by atoms with Gasteiger partial charge in [0, 0.05) is 12.1 Å². The van der Waals surface area contributed by atoms with Crippen LogP contribution in [0, 0.1) is 0 Å². The molecule has 0 spiro atoms. The number of amides is 1. The van der Waals surface area contributed by atoms with Crippen LogP contribution in [-0.2, 0) is 16.1 Å². The van der Waals surface area contributed by atoms with E-state index in [2.05, 4.69) is 28.9 Å². The first-order valence-electron chi connectivity index (χ1n) is 6.82. The van der Waals surface area contributed by atoms with Crippen LogP contribution in [0.3, 0.4) is 0 Å². The average molecular weight is 280 g/mol. The molecule has 0 N–H and O–H groups in total. The summed E-state index contributed by atoms with van der Waals surface area (Å²) in [7, 11) is 1.28. The molecule has 2 rings (SSSR count). The van der Waals surface area contributed by atoms with Gasteiger partial charge in [0.05, 0.1) is 13.3 Å². The van der Waals surface area contributed by atoms with Gasteiger partial charge in [-0.25, -0.2) is 9.48 Å². The summed E-state index contributed by atoms with van der Waals surface area (Å²) in [6, 6.07) is 0.490. The second kappa shape index (κ2) is 6.02. The Labute approximate surface area is 117 Å². The van der Waals surface area contributed by atoms with Crippen LogP contribution in [-0.4, -0.2) is 51.0 Å². The number of nitrogens with zero attached hydrogens (tertiary/aromatic N) is 4. The lowest BCUT2D eigenvalue weighted by Gasteiger charge is -2.39. The predicted octanol–water partition coefficient (Wildman–Crippen LogP) is 0.854. The van der Waals surface area contributed by atoms with Crippen LogP contribution < -0.4 is 0 Å². The Hall–Kier alpha value is -1.92. The number of aromatic nitrogens is 3. The molecule has 1 aromatic heterocycles. The van der Waals surface area contributed by atoms with Crippen molar-refractivity contribution in [2.45, 2.75) is 51.7 Å². The maximum absolute atomic E-state index is 12.4. The minimum Gasteiger partial charge on any atom is -0.464 e. The van der Waals surface area contributed by atoms with Crippen LogP contribution in [0.25, 0.3) is 0 Å². The normalized spacial score (nSPS) is 22.6. The van der Waals surface area contributed by atoms with Gasteiger partial charge in [0.2, 0.25) is 5.91 Å². The molecule has 2 atom stereocenters. The van der Waals surface area contributed by atoms with Gasteiger partial charge in [-0.2, -0.15) is 0 Å². The van der Waals surface area contributed by atoms with E-state index < -0.39 is 5.97 Å². The van der Waals surface area contributed by atoms with E-state index in [4.69, 9.17) is 0 Å². The van der Waals surface area contributed by atoms with E-state index in [1.54, 1.807) is 0 Å².